The molecule has 0 bridgehead atoms. The molecule has 3 heteroatoms. The molecule has 1 aromatic carbocycles. The van der Waals surface area contributed by atoms with Gasteiger partial charge in [-0.05, 0) is 39.3 Å². The number of hydrogen-bond donors (Lipinski definition) is 1. The fourth-order valence-electron chi connectivity index (χ4n) is 3.02. The quantitative estimate of drug-likeness (QED) is 0.696. The maximum absolute atomic E-state index is 6.21. The lowest BCUT2D eigenvalue weighted by molar-refractivity contribution is -0.0734. The van der Waals surface area contributed by atoms with Crippen molar-refractivity contribution in [3.63, 3.8) is 0 Å². The van der Waals surface area contributed by atoms with E-state index >= 15 is 0 Å². The highest BCUT2D eigenvalue weighted by atomic mass is 16.5. The second-order valence-corrected chi connectivity index (χ2v) is 5.17. The number of ether oxygens (including phenoxy) is 2. The molecule has 0 aliphatic carbocycles. The number of likely N-dealkylation sites (N-methyl/N-ethyl adjacent to an activating group) is 1. The standard InChI is InChI=1S/C18H31NO2/c1-6-18(7-2,21-10-5)17(19-8-3)15-13-11-12-14-16(15)20-9-4/h11-14,17,19H,6-10H2,1-5H3. The van der Waals surface area contributed by atoms with Gasteiger partial charge in [0, 0.05) is 12.2 Å². The second-order valence-electron chi connectivity index (χ2n) is 5.17. The highest BCUT2D eigenvalue weighted by Gasteiger charge is 2.38. The Bertz CT molecular complexity index is 402. The van der Waals surface area contributed by atoms with Crippen LogP contribution in [0, 0.1) is 0 Å². The Balaban J connectivity index is 3.26. The van der Waals surface area contributed by atoms with E-state index < -0.39 is 0 Å². The van der Waals surface area contributed by atoms with Crippen LogP contribution in [0.2, 0.25) is 0 Å². The summed E-state index contributed by atoms with van der Waals surface area (Å²) in [5.74, 6) is 0.955. The molecule has 120 valence electrons. The summed E-state index contributed by atoms with van der Waals surface area (Å²) in [6.07, 6.45) is 1.94. The molecule has 0 aliphatic rings. The van der Waals surface area contributed by atoms with Crippen LogP contribution in [-0.4, -0.2) is 25.4 Å². The summed E-state index contributed by atoms with van der Waals surface area (Å²) in [7, 11) is 0. The maximum Gasteiger partial charge on any atom is 0.124 e. The van der Waals surface area contributed by atoms with Crippen molar-refractivity contribution in [3.05, 3.63) is 29.8 Å². The molecule has 1 aromatic rings. The average Bonchev–Trinajstić information content (AvgIpc) is 2.52. The third-order valence-corrected chi connectivity index (χ3v) is 4.09. The molecular weight excluding hydrogens is 262 g/mol. The number of benzene rings is 1. The van der Waals surface area contributed by atoms with Gasteiger partial charge >= 0.3 is 0 Å². The fraction of sp³-hybridized carbons (Fsp3) is 0.667. The van der Waals surface area contributed by atoms with Crippen molar-refractivity contribution in [3.8, 4) is 5.75 Å². The number of para-hydroxylation sites is 1. The number of rotatable bonds is 10. The molecular formula is C18H31NO2. The molecule has 0 aromatic heterocycles. The van der Waals surface area contributed by atoms with Crippen molar-refractivity contribution < 1.29 is 9.47 Å². The van der Waals surface area contributed by atoms with E-state index in [0.29, 0.717) is 6.61 Å². The monoisotopic (exact) mass is 293 g/mol. The Morgan fingerprint density at radius 1 is 1.00 bits per heavy atom. The topological polar surface area (TPSA) is 30.5 Å². The summed E-state index contributed by atoms with van der Waals surface area (Å²) in [6.45, 7) is 12.9. The summed E-state index contributed by atoms with van der Waals surface area (Å²) >= 11 is 0. The van der Waals surface area contributed by atoms with E-state index in [1.807, 2.05) is 19.1 Å². The van der Waals surface area contributed by atoms with Gasteiger partial charge in [0.1, 0.15) is 5.75 Å². The first kappa shape index (κ1) is 18.0. The smallest absolute Gasteiger partial charge is 0.124 e. The predicted octanol–water partition coefficient (Wildman–Crippen LogP) is 4.33. The molecule has 21 heavy (non-hydrogen) atoms. The van der Waals surface area contributed by atoms with Gasteiger partial charge < -0.3 is 14.8 Å². The van der Waals surface area contributed by atoms with Crippen molar-refractivity contribution in [1.29, 1.82) is 0 Å². The molecule has 1 rings (SSSR count). The van der Waals surface area contributed by atoms with Gasteiger partial charge in [0.05, 0.1) is 18.2 Å². The molecule has 0 spiro atoms. The van der Waals surface area contributed by atoms with E-state index in [-0.39, 0.29) is 11.6 Å². The summed E-state index contributed by atoms with van der Waals surface area (Å²) < 4.78 is 12.0. The van der Waals surface area contributed by atoms with Crippen LogP contribution < -0.4 is 10.1 Å². The highest BCUT2D eigenvalue weighted by molar-refractivity contribution is 5.37. The Hall–Kier alpha value is -1.06. The zero-order chi connectivity index (χ0) is 15.7. The van der Waals surface area contributed by atoms with Crippen molar-refractivity contribution in [1.82, 2.24) is 5.32 Å². The van der Waals surface area contributed by atoms with E-state index in [0.717, 1.165) is 31.7 Å². The second kappa shape index (κ2) is 9.06. The molecule has 1 unspecified atom stereocenters. The van der Waals surface area contributed by atoms with Crippen molar-refractivity contribution >= 4 is 0 Å². The van der Waals surface area contributed by atoms with Gasteiger partial charge in [-0.2, -0.15) is 0 Å². The predicted molar refractivity (Wildman–Crippen MR) is 89.0 cm³/mol. The molecule has 0 aliphatic heterocycles. The lowest BCUT2D eigenvalue weighted by Gasteiger charge is -2.40. The van der Waals surface area contributed by atoms with E-state index in [1.165, 1.54) is 5.56 Å². The molecule has 0 radical (unpaired) electrons. The van der Waals surface area contributed by atoms with Crippen LogP contribution in [0.1, 0.15) is 59.1 Å². The molecule has 0 amide bonds. The Kier molecular flexibility index (Phi) is 7.76. The molecule has 1 N–H and O–H groups in total. The normalized spacial score (nSPS) is 13.2. The summed E-state index contributed by atoms with van der Waals surface area (Å²) in [5.41, 5.74) is 0.996. The van der Waals surface area contributed by atoms with Gasteiger partial charge in [0.2, 0.25) is 0 Å². The van der Waals surface area contributed by atoms with E-state index in [4.69, 9.17) is 9.47 Å². The lowest BCUT2D eigenvalue weighted by Crippen LogP contribution is -2.45. The summed E-state index contributed by atoms with van der Waals surface area (Å²) in [6, 6.07) is 8.44. The SMILES string of the molecule is CCNC(c1ccccc1OCC)C(CC)(CC)OCC. The molecule has 0 saturated heterocycles. The third kappa shape index (κ3) is 4.21. The van der Waals surface area contributed by atoms with Crippen LogP contribution >= 0.6 is 0 Å². The average molecular weight is 293 g/mol. The molecule has 1 atom stereocenters. The molecule has 3 nitrogen and oxygen atoms in total. The first-order valence-corrected chi connectivity index (χ1v) is 8.28. The summed E-state index contributed by atoms with van der Waals surface area (Å²) in [4.78, 5) is 0. The van der Waals surface area contributed by atoms with Gasteiger partial charge in [-0.25, -0.2) is 0 Å². The van der Waals surface area contributed by atoms with Crippen LogP contribution in [0.5, 0.6) is 5.75 Å². The van der Waals surface area contributed by atoms with E-state index in [9.17, 15) is 0 Å². The highest BCUT2D eigenvalue weighted by Crippen LogP contribution is 2.39. The van der Waals surface area contributed by atoms with Crippen molar-refractivity contribution in [2.75, 3.05) is 19.8 Å². The van der Waals surface area contributed by atoms with Gasteiger partial charge in [-0.3, -0.25) is 0 Å². The maximum atomic E-state index is 6.21. The summed E-state index contributed by atoms with van der Waals surface area (Å²) in [5, 5.41) is 3.62. The minimum atomic E-state index is -0.196. The molecule has 0 saturated carbocycles. The Labute approximate surface area is 130 Å². The van der Waals surface area contributed by atoms with Crippen LogP contribution in [0.4, 0.5) is 0 Å². The van der Waals surface area contributed by atoms with Crippen molar-refractivity contribution in [2.24, 2.45) is 0 Å². The van der Waals surface area contributed by atoms with Crippen LogP contribution in [0.3, 0.4) is 0 Å². The largest absolute Gasteiger partial charge is 0.494 e. The van der Waals surface area contributed by atoms with Gasteiger partial charge in [0.15, 0.2) is 0 Å². The lowest BCUT2D eigenvalue weighted by atomic mass is 9.83. The van der Waals surface area contributed by atoms with Crippen LogP contribution in [0.25, 0.3) is 0 Å². The van der Waals surface area contributed by atoms with E-state index in [2.05, 4.69) is 45.1 Å². The Morgan fingerprint density at radius 3 is 2.19 bits per heavy atom. The first-order chi connectivity index (χ1) is 10.2. The first-order valence-electron chi connectivity index (χ1n) is 8.28. The van der Waals surface area contributed by atoms with Crippen molar-refractivity contribution in [2.45, 2.75) is 59.1 Å². The third-order valence-electron chi connectivity index (χ3n) is 4.09. The van der Waals surface area contributed by atoms with Gasteiger partial charge in [0.25, 0.3) is 0 Å². The number of nitrogens with one attached hydrogen (secondary N) is 1. The van der Waals surface area contributed by atoms with Crippen LogP contribution in [0.15, 0.2) is 24.3 Å². The minimum absolute atomic E-state index is 0.139. The molecule has 0 heterocycles. The molecule has 0 fully saturated rings. The van der Waals surface area contributed by atoms with Gasteiger partial charge in [-0.1, -0.05) is 39.0 Å². The zero-order valence-electron chi connectivity index (χ0n) is 14.2. The fourth-order valence-corrected chi connectivity index (χ4v) is 3.02. The van der Waals surface area contributed by atoms with E-state index in [1.54, 1.807) is 0 Å². The number of hydrogen-bond acceptors (Lipinski definition) is 3. The minimum Gasteiger partial charge on any atom is -0.494 e. The zero-order valence-corrected chi connectivity index (χ0v) is 14.2. The van der Waals surface area contributed by atoms with Crippen LogP contribution in [-0.2, 0) is 4.74 Å². The Morgan fingerprint density at radius 2 is 1.67 bits per heavy atom. The van der Waals surface area contributed by atoms with Gasteiger partial charge in [-0.15, -0.1) is 0 Å².